The number of carbonyl (C=O) groups excluding carboxylic acids is 1. The number of methoxy groups -OCH3 is 1. The van der Waals surface area contributed by atoms with E-state index in [1.165, 1.54) is 0 Å². The Bertz CT molecular complexity index is 1030. The summed E-state index contributed by atoms with van der Waals surface area (Å²) in [6.07, 6.45) is 0. The number of carbonyl (C=O) groups is 1. The van der Waals surface area contributed by atoms with Gasteiger partial charge in [0.1, 0.15) is 11.5 Å². The van der Waals surface area contributed by atoms with Gasteiger partial charge < -0.3 is 19.7 Å². The number of anilines is 2. The molecule has 4 rings (SSSR count). The largest absolute Gasteiger partial charge is 0.497 e. The summed E-state index contributed by atoms with van der Waals surface area (Å²) in [6, 6.07) is 15.4. The van der Waals surface area contributed by atoms with Gasteiger partial charge in [-0.15, -0.1) is 11.3 Å². The van der Waals surface area contributed by atoms with Crippen molar-refractivity contribution in [2.24, 2.45) is 0 Å². The number of aromatic nitrogens is 1. The molecule has 32 heavy (non-hydrogen) atoms. The van der Waals surface area contributed by atoms with Gasteiger partial charge in [0, 0.05) is 42.8 Å². The van der Waals surface area contributed by atoms with E-state index in [9.17, 15) is 4.79 Å². The molecule has 0 unspecified atom stereocenters. The molecule has 2 heterocycles. The Morgan fingerprint density at radius 3 is 2.59 bits per heavy atom. The van der Waals surface area contributed by atoms with Crippen LogP contribution in [-0.4, -0.2) is 62.2 Å². The Kier molecular flexibility index (Phi) is 7.24. The summed E-state index contributed by atoms with van der Waals surface area (Å²) in [7, 11) is 1.67. The van der Waals surface area contributed by atoms with Crippen molar-refractivity contribution >= 4 is 28.1 Å². The molecular weight excluding hydrogens is 424 g/mol. The molecule has 1 saturated heterocycles. The molecule has 0 radical (unpaired) electrons. The molecule has 2 aromatic carbocycles. The lowest BCUT2D eigenvalue weighted by Crippen LogP contribution is -2.48. The quantitative estimate of drug-likeness (QED) is 0.558. The molecule has 0 bridgehead atoms. The Balaban J connectivity index is 1.27. The zero-order chi connectivity index (χ0) is 22.3. The van der Waals surface area contributed by atoms with E-state index in [0.29, 0.717) is 13.2 Å². The highest BCUT2D eigenvalue weighted by atomic mass is 32.1. The molecule has 1 aliphatic rings. The van der Waals surface area contributed by atoms with Crippen molar-refractivity contribution < 1.29 is 14.3 Å². The van der Waals surface area contributed by atoms with E-state index in [-0.39, 0.29) is 5.91 Å². The third-order valence-corrected chi connectivity index (χ3v) is 6.22. The van der Waals surface area contributed by atoms with Crippen LogP contribution < -0.4 is 19.7 Å². The summed E-state index contributed by atoms with van der Waals surface area (Å²) < 4.78 is 10.8. The molecule has 8 heteroatoms. The van der Waals surface area contributed by atoms with Crippen LogP contribution in [0.5, 0.6) is 11.5 Å². The number of nitrogens with zero attached hydrogens (tertiary/aromatic N) is 3. The first-order valence-corrected chi connectivity index (χ1v) is 11.6. The fourth-order valence-corrected chi connectivity index (χ4v) is 4.52. The molecule has 1 N–H and O–H groups in total. The number of thiazole rings is 1. The van der Waals surface area contributed by atoms with Gasteiger partial charge in [-0.2, -0.15) is 0 Å². The minimum atomic E-state index is -0.00262. The Labute approximate surface area is 192 Å². The van der Waals surface area contributed by atoms with Crippen molar-refractivity contribution in [3.05, 3.63) is 53.9 Å². The van der Waals surface area contributed by atoms with Crippen molar-refractivity contribution in [1.82, 2.24) is 9.88 Å². The van der Waals surface area contributed by atoms with Gasteiger partial charge in [0.2, 0.25) is 5.91 Å². The lowest BCUT2D eigenvalue weighted by molar-refractivity contribution is -0.117. The molecule has 3 aromatic rings. The van der Waals surface area contributed by atoms with Crippen LogP contribution in [0.1, 0.15) is 6.92 Å². The van der Waals surface area contributed by atoms with Gasteiger partial charge in [-0.1, -0.05) is 12.1 Å². The second-order valence-electron chi connectivity index (χ2n) is 7.52. The molecule has 1 aromatic heterocycles. The molecule has 7 nitrogen and oxygen atoms in total. The van der Waals surface area contributed by atoms with Gasteiger partial charge in [0.15, 0.2) is 5.13 Å². The van der Waals surface area contributed by atoms with Crippen LogP contribution in [0.25, 0.3) is 11.3 Å². The molecule has 0 aliphatic carbocycles. The molecule has 0 saturated carbocycles. The van der Waals surface area contributed by atoms with Crippen molar-refractivity contribution in [2.45, 2.75) is 6.92 Å². The highest BCUT2D eigenvalue weighted by Crippen LogP contribution is 2.29. The minimum absolute atomic E-state index is 0.00262. The number of rotatable bonds is 8. The standard InChI is InChI=1S/C24H28N4O3S/c1-3-31-20-9-7-19(8-10-20)25-23(29)16-27-11-13-28(14-12-27)24-26-22(17-32-24)18-5-4-6-21(15-18)30-2/h4-10,15,17H,3,11-14,16H2,1-2H3,(H,25,29). The van der Waals surface area contributed by atoms with Crippen LogP contribution in [-0.2, 0) is 4.79 Å². The van der Waals surface area contributed by atoms with Crippen LogP contribution in [0.15, 0.2) is 53.9 Å². The maximum absolute atomic E-state index is 12.4. The van der Waals surface area contributed by atoms with E-state index in [0.717, 1.165) is 59.8 Å². The predicted octanol–water partition coefficient (Wildman–Crippen LogP) is 3.98. The van der Waals surface area contributed by atoms with Crippen molar-refractivity contribution in [3.8, 4) is 22.8 Å². The second kappa shape index (κ2) is 10.5. The number of hydrogen-bond donors (Lipinski definition) is 1. The average Bonchev–Trinajstić information content (AvgIpc) is 3.31. The van der Waals surface area contributed by atoms with Gasteiger partial charge in [-0.25, -0.2) is 4.98 Å². The fourth-order valence-electron chi connectivity index (χ4n) is 3.63. The lowest BCUT2D eigenvalue weighted by Gasteiger charge is -2.34. The first kappa shape index (κ1) is 22.1. The molecule has 1 fully saturated rings. The molecule has 0 spiro atoms. The first-order chi connectivity index (χ1) is 15.6. The SMILES string of the molecule is CCOc1ccc(NC(=O)CN2CCN(c3nc(-c4cccc(OC)c4)cs3)CC2)cc1. The highest BCUT2D eigenvalue weighted by molar-refractivity contribution is 7.14. The van der Waals surface area contributed by atoms with Crippen molar-refractivity contribution in [1.29, 1.82) is 0 Å². The summed E-state index contributed by atoms with van der Waals surface area (Å²) in [5.74, 6) is 1.63. The van der Waals surface area contributed by atoms with Crippen LogP contribution in [0.4, 0.5) is 10.8 Å². The van der Waals surface area contributed by atoms with Gasteiger partial charge in [-0.05, 0) is 43.3 Å². The molecule has 0 atom stereocenters. The Hall–Kier alpha value is -3.10. The van der Waals surface area contributed by atoms with E-state index in [1.54, 1.807) is 18.4 Å². The van der Waals surface area contributed by atoms with Gasteiger partial charge >= 0.3 is 0 Å². The monoisotopic (exact) mass is 452 g/mol. The van der Waals surface area contributed by atoms with E-state index in [2.05, 4.69) is 20.5 Å². The normalized spacial score (nSPS) is 14.2. The summed E-state index contributed by atoms with van der Waals surface area (Å²) in [5.41, 5.74) is 2.79. The van der Waals surface area contributed by atoms with E-state index in [1.807, 2.05) is 55.5 Å². The number of nitrogens with one attached hydrogen (secondary N) is 1. The summed E-state index contributed by atoms with van der Waals surface area (Å²) in [5, 5.41) is 6.06. The predicted molar refractivity (Wildman–Crippen MR) is 129 cm³/mol. The molecule has 168 valence electrons. The lowest BCUT2D eigenvalue weighted by atomic mass is 10.2. The number of benzene rings is 2. The second-order valence-corrected chi connectivity index (χ2v) is 8.35. The number of piperazine rings is 1. The smallest absolute Gasteiger partial charge is 0.238 e. The van der Waals surface area contributed by atoms with Crippen molar-refractivity contribution in [3.63, 3.8) is 0 Å². The molecule has 1 aliphatic heterocycles. The average molecular weight is 453 g/mol. The molecular formula is C24H28N4O3S. The zero-order valence-corrected chi connectivity index (χ0v) is 19.2. The van der Waals surface area contributed by atoms with E-state index in [4.69, 9.17) is 14.5 Å². The maximum atomic E-state index is 12.4. The Morgan fingerprint density at radius 1 is 1.09 bits per heavy atom. The van der Waals surface area contributed by atoms with Crippen LogP contribution in [0.3, 0.4) is 0 Å². The van der Waals surface area contributed by atoms with Gasteiger partial charge in [-0.3, -0.25) is 9.69 Å². The third kappa shape index (κ3) is 5.57. The minimum Gasteiger partial charge on any atom is -0.497 e. The summed E-state index contributed by atoms with van der Waals surface area (Å²) in [4.78, 5) is 21.7. The summed E-state index contributed by atoms with van der Waals surface area (Å²) in [6.45, 7) is 6.30. The third-order valence-electron chi connectivity index (χ3n) is 5.32. The van der Waals surface area contributed by atoms with E-state index < -0.39 is 0 Å². The number of amides is 1. The van der Waals surface area contributed by atoms with E-state index >= 15 is 0 Å². The number of hydrogen-bond acceptors (Lipinski definition) is 7. The van der Waals surface area contributed by atoms with Crippen LogP contribution in [0.2, 0.25) is 0 Å². The number of ether oxygens (including phenoxy) is 2. The maximum Gasteiger partial charge on any atom is 0.238 e. The molecule has 1 amide bonds. The fraction of sp³-hybridized carbons (Fsp3) is 0.333. The highest BCUT2D eigenvalue weighted by Gasteiger charge is 2.21. The van der Waals surface area contributed by atoms with Gasteiger partial charge in [0.25, 0.3) is 0 Å². The first-order valence-electron chi connectivity index (χ1n) is 10.7. The van der Waals surface area contributed by atoms with Crippen LogP contribution in [0, 0.1) is 0 Å². The van der Waals surface area contributed by atoms with Crippen molar-refractivity contribution in [2.75, 3.05) is 56.7 Å². The topological polar surface area (TPSA) is 66.9 Å². The zero-order valence-electron chi connectivity index (χ0n) is 18.4. The summed E-state index contributed by atoms with van der Waals surface area (Å²) >= 11 is 1.65. The Morgan fingerprint density at radius 2 is 1.88 bits per heavy atom. The van der Waals surface area contributed by atoms with Gasteiger partial charge in [0.05, 0.1) is 26.0 Å². The van der Waals surface area contributed by atoms with Crippen LogP contribution >= 0.6 is 11.3 Å².